The number of rotatable bonds is 4. The Labute approximate surface area is 96.8 Å². The summed E-state index contributed by atoms with van der Waals surface area (Å²) < 4.78 is 0. The van der Waals surface area contributed by atoms with Crippen LogP contribution in [0.2, 0.25) is 0 Å². The van der Waals surface area contributed by atoms with E-state index in [-0.39, 0.29) is 5.91 Å². The highest BCUT2D eigenvalue weighted by atomic mass is 16.6. The Balaban J connectivity index is 2.62. The van der Waals surface area contributed by atoms with E-state index < -0.39 is 0 Å². The topological polar surface area (TPSA) is 38.3 Å². The van der Waals surface area contributed by atoms with E-state index in [4.69, 9.17) is 4.84 Å². The zero-order valence-electron chi connectivity index (χ0n) is 10.3. The Bertz CT molecular complexity index is 372. The molecule has 3 heteroatoms. The molecule has 0 aliphatic carbocycles. The van der Waals surface area contributed by atoms with Crippen LogP contribution in [0.4, 0.5) is 0 Å². The van der Waals surface area contributed by atoms with Crippen LogP contribution in [0.25, 0.3) is 0 Å². The highest BCUT2D eigenvalue weighted by molar-refractivity contribution is 5.95. The predicted octanol–water partition coefficient (Wildman–Crippen LogP) is 2.62. The summed E-state index contributed by atoms with van der Waals surface area (Å²) in [5.74, 6) is 0.223. The van der Waals surface area contributed by atoms with Crippen LogP contribution in [0.5, 0.6) is 0 Å². The maximum atomic E-state index is 11.8. The number of amides is 1. The van der Waals surface area contributed by atoms with Crippen molar-refractivity contribution in [2.45, 2.75) is 27.7 Å². The first-order chi connectivity index (χ1) is 7.50. The molecule has 0 saturated carbocycles. The largest absolute Gasteiger partial charge is 0.275 e. The smallest absolute Gasteiger partial charge is 0.273 e. The van der Waals surface area contributed by atoms with Gasteiger partial charge in [-0.15, -0.1) is 0 Å². The third-order valence-corrected chi connectivity index (χ3v) is 2.22. The molecule has 16 heavy (non-hydrogen) atoms. The van der Waals surface area contributed by atoms with Gasteiger partial charge in [0, 0.05) is 5.56 Å². The SMILES string of the molecule is Cc1ccc(C)c(C(=O)NOCC(C)C)c1. The van der Waals surface area contributed by atoms with Gasteiger partial charge in [0.05, 0.1) is 6.61 Å². The third kappa shape index (κ3) is 3.66. The lowest BCUT2D eigenvalue weighted by atomic mass is 10.1. The van der Waals surface area contributed by atoms with Crippen LogP contribution in [0, 0.1) is 19.8 Å². The van der Waals surface area contributed by atoms with Crippen LogP contribution < -0.4 is 5.48 Å². The number of aryl methyl sites for hydroxylation is 2. The number of hydrogen-bond donors (Lipinski definition) is 1. The molecule has 1 rings (SSSR count). The fourth-order valence-corrected chi connectivity index (χ4v) is 1.31. The molecule has 0 saturated heterocycles. The Hall–Kier alpha value is -1.35. The van der Waals surface area contributed by atoms with E-state index in [2.05, 4.69) is 5.48 Å². The molecule has 0 bridgehead atoms. The van der Waals surface area contributed by atoms with Crippen molar-refractivity contribution < 1.29 is 9.63 Å². The lowest BCUT2D eigenvalue weighted by Crippen LogP contribution is -2.26. The summed E-state index contributed by atoms with van der Waals surface area (Å²) in [4.78, 5) is 16.9. The molecule has 0 aromatic heterocycles. The number of hydrogen-bond acceptors (Lipinski definition) is 2. The second-order valence-electron chi connectivity index (χ2n) is 4.45. The Kier molecular flexibility index (Phi) is 4.50. The summed E-state index contributed by atoms with van der Waals surface area (Å²) in [5, 5.41) is 0. The quantitative estimate of drug-likeness (QED) is 0.794. The van der Waals surface area contributed by atoms with E-state index in [0.717, 1.165) is 11.1 Å². The minimum Gasteiger partial charge on any atom is -0.273 e. The van der Waals surface area contributed by atoms with Crippen LogP contribution in [0.1, 0.15) is 35.3 Å². The molecule has 0 atom stereocenters. The number of carbonyl (C=O) groups excluding carboxylic acids is 1. The maximum Gasteiger partial charge on any atom is 0.275 e. The van der Waals surface area contributed by atoms with Gasteiger partial charge in [-0.2, -0.15) is 0 Å². The van der Waals surface area contributed by atoms with Gasteiger partial charge < -0.3 is 0 Å². The lowest BCUT2D eigenvalue weighted by molar-refractivity contribution is 0.0208. The predicted molar refractivity (Wildman–Crippen MR) is 64.2 cm³/mol. The fraction of sp³-hybridized carbons (Fsp3) is 0.462. The summed E-state index contributed by atoms with van der Waals surface area (Å²) in [7, 11) is 0. The summed E-state index contributed by atoms with van der Waals surface area (Å²) in [5.41, 5.74) is 5.15. The number of benzene rings is 1. The minimum absolute atomic E-state index is 0.179. The van der Waals surface area contributed by atoms with Gasteiger partial charge in [-0.3, -0.25) is 9.63 Å². The fourth-order valence-electron chi connectivity index (χ4n) is 1.31. The zero-order chi connectivity index (χ0) is 12.1. The van der Waals surface area contributed by atoms with Gasteiger partial charge in [-0.05, 0) is 31.4 Å². The first-order valence-electron chi connectivity index (χ1n) is 5.50. The molecule has 88 valence electrons. The molecule has 1 N–H and O–H groups in total. The number of nitrogens with one attached hydrogen (secondary N) is 1. The van der Waals surface area contributed by atoms with E-state index in [1.165, 1.54) is 0 Å². The second kappa shape index (κ2) is 5.66. The first kappa shape index (κ1) is 12.7. The molecule has 0 radical (unpaired) electrons. The number of hydroxylamine groups is 1. The summed E-state index contributed by atoms with van der Waals surface area (Å²) in [6.45, 7) is 8.47. The van der Waals surface area contributed by atoms with E-state index in [1.807, 2.05) is 45.9 Å². The highest BCUT2D eigenvalue weighted by Crippen LogP contribution is 2.10. The van der Waals surface area contributed by atoms with Gasteiger partial charge in [-0.25, -0.2) is 5.48 Å². The van der Waals surface area contributed by atoms with Crippen molar-refractivity contribution in [1.29, 1.82) is 0 Å². The Morgan fingerprint density at radius 1 is 1.38 bits per heavy atom. The van der Waals surface area contributed by atoms with Gasteiger partial charge >= 0.3 is 0 Å². The summed E-state index contributed by atoms with van der Waals surface area (Å²) in [6.07, 6.45) is 0. The van der Waals surface area contributed by atoms with E-state index in [1.54, 1.807) is 0 Å². The molecule has 0 aliphatic heterocycles. The molecule has 0 spiro atoms. The van der Waals surface area contributed by atoms with Crippen molar-refractivity contribution in [2.75, 3.05) is 6.61 Å². The standard InChI is InChI=1S/C13H19NO2/c1-9(2)8-16-14-13(15)12-7-10(3)5-6-11(12)4/h5-7,9H,8H2,1-4H3,(H,14,15). The molecule has 0 aliphatic rings. The van der Waals surface area contributed by atoms with E-state index >= 15 is 0 Å². The average Bonchev–Trinajstić information content (AvgIpc) is 2.21. The van der Waals surface area contributed by atoms with E-state index in [0.29, 0.717) is 18.1 Å². The van der Waals surface area contributed by atoms with Crippen LogP contribution >= 0.6 is 0 Å². The van der Waals surface area contributed by atoms with Crippen LogP contribution in [0.15, 0.2) is 18.2 Å². The number of carbonyl (C=O) groups is 1. The first-order valence-corrected chi connectivity index (χ1v) is 5.50. The van der Waals surface area contributed by atoms with Gasteiger partial charge in [0.2, 0.25) is 0 Å². The van der Waals surface area contributed by atoms with Crippen molar-refractivity contribution in [2.24, 2.45) is 5.92 Å². The molecular formula is C13H19NO2. The summed E-state index contributed by atoms with van der Waals surface area (Å²) in [6, 6.07) is 5.79. The van der Waals surface area contributed by atoms with Crippen LogP contribution in [-0.2, 0) is 4.84 Å². The molecule has 0 fully saturated rings. The van der Waals surface area contributed by atoms with Crippen molar-refractivity contribution >= 4 is 5.91 Å². The molecule has 3 nitrogen and oxygen atoms in total. The zero-order valence-corrected chi connectivity index (χ0v) is 10.3. The van der Waals surface area contributed by atoms with Crippen LogP contribution in [0.3, 0.4) is 0 Å². The Morgan fingerprint density at radius 3 is 2.69 bits per heavy atom. The van der Waals surface area contributed by atoms with Crippen molar-refractivity contribution in [3.8, 4) is 0 Å². The monoisotopic (exact) mass is 221 g/mol. The highest BCUT2D eigenvalue weighted by Gasteiger charge is 2.09. The van der Waals surface area contributed by atoms with Crippen molar-refractivity contribution in [1.82, 2.24) is 5.48 Å². The molecule has 1 amide bonds. The van der Waals surface area contributed by atoms with Crippen molar-refractivity contribution in [3.05, 3.63) is 34.9 Å². The second-order valence-corrected chi connectivity index (χ2v) is 4.45. The molecule has 1 aromatic carbocycles. The Morgan fingerprint density at radius 2 is 2.06 bits per heavy atom. The van der Waals surface area contributed by atoms with Gasteiger partial charge in [0.1, 0.15) is 0 Å². The van der Waals surface area contributed by atoms with E-state index in [9.17, 15) is 4.79 Å². The van der Waals surface area contributed by atoms with Gasteiger partial charge in [-0.1, -0.05) is 31.5 Å². The maximum absolute atomic E-state index is 11.8. The van der Waals surface area contributed by atoms with Gasteiger partial charge in [0.25, 0.3) is 5.91 Å². The molecular weight excluding hydrogens is 202 g/mol. The van der Waals surface area contributed by atoms with Gasteiger partial charge in [0.15, 0.2) is 0 Å². The molecule has 0 unspecified atom stereocenters. The normalized spacial score (nSPS) is 10.6. The third-order valence-electron chi connectivity index (χ3n) is 2.22. The molecule has 0 heterocycles. The van der Waals surface area contributed by atoms with Crippen molar-refractivity contribution in [3.63, 3.8) is 0 Å². The van der Waals surface area contributed by atoms with Crippen LogP contribution in [-0.4, -0.2) is 12.5 Å². The minimum atomic E-state index is -0.179. The lowest BCUT2D eigenvalue weighted by Gasteiger charge is -2.09. The average molecular weight is 221 g/mol. The summed E-state index contributed by atoms with van der Waals surface area (Å²) >= 11 is 0. The molecule has 1 aromatic rings.